The molecule has 0 unspecified atom stereocenters. The van der Waals surface area contributed by atoms with E-state index < -0.39 is 0 Å². The molecule has 0 amide bonds. The average Bonchev–Trinajstić information content (AvgIpc) is 3.27. The largest absolute Gasteiger partial charge is 0.361 e. The Morgan fingerprint density at radius 3 is 2.35 bits per heavy atom. The van der Waals surface area contributed by atoms with Crippen molar-refractivity contribution in [2.45, 2.75) is 133 Å². The van der Waals surface area contributed by atoms with E-state index in [2.05, 4.69) is 67.5 Å². The third-order valence-corrected chi connectivity index (χ3v) is 11.0. The van der Waals surface area contributed by atoms with Gasteiger partial charge in [0, 0.05) is 16.9 Å². The van der Waals surface area contributed by atoms with Crippen molar-refractivity contribution in [3.05, 3.63) is 29.2 Å². The molecule has 1 aromatic rings. The fourth-order valence-electron chi connectivity index (χ4n) is 7.88. The van der Waals surface area contributed by atoms with Gasteiger partial charge in [0.05, 0.1) is 6.20 Å². The molecule has 1 heterocycles. The minimum atomic E-state index is -0.319. The van der Waals surface area contributed by atoms with E-state index in [1.807, 2.05) is 12.3 Å². The predicted molar refractivity (Wildman–Crippen MR) is 151 cm³/mol. The maximum Gasteiger partial charge on any atom is 0.152 e. The molecular weight excluding hydrogens is 458 g/mol. The quantitative estimate of drug-likeness (QED) is 0.220. The maximum absolute atomic E-state index is 12.7. The van der Waals surface area contributed by atoms with Crippen LogP contribution >= 0.6 is 0 Å². The van der Waals surface area contributed by atoms with Gasteiger partial charge in [0.15, 0.2) is 5.78 Å². The Hall–Kier alpha value is -1.71. The van der Waals surface area contributed by atoms with Crippen molar-refractivity contribution >= 4 is 12.1 Å². The topological polar surface area (TPSA) is 60.2 Å². The molecule has 2 aliphatic carbocycles. The second-order valence-electron chi connectivity index (χ2n) is 14.8. The molecule has 1 aromatic heterocycles. The Kier molecular flexibility index (Phi) is 8.43. The number of hydrogen-bond acceptors (Lipinski definition) is 4. The molecular formula is C33H53NO3. The third-order valence-electron chi connectivity index (χ3n) is 11.0. The smallest absolute Gasteiger partial charge is 0.152 e. The van der Waals surface area contributed by atoms with Gasteiger partial charge in [-0.2, -0.15) is 0 Å². The second kappa shape index (κ2) is 10.5. The van der Waals surface area contributed by atoms with Crippen molar-refractivity contribution in [1.82, 2.24) is 5.16 Å². The molecule has 0 radical (unpaired) electrons. The normalized spacial score (nSPS) is 30.9. The van der Waals surface area contributed by atoms with E-state index in [-0.39, 0.29) is 38.8 Å². The highest BCUT2D eigenvalue weighted by molar-refractivity contribution is 5.88. The molecule has 1 fully saturated rings. The van der Waals surface area contributed by atoms with Crippen LogP contribution in [0, 0.1) is 33.0 Å². The maximum atomic E-state index is 12.7. The fraction of sp³-hybridized carbons (Fsp3) is 0.788. The lowest BCUT2D eigenvalue weighted by atomic mass is 9.43. The number of hydrogen-bond donors (Lipinski definition) is 0. The van der Waals surface area contributed by atoms with E-state index in [1.54, 1.807) is 6.92 Å². The number of nitrogens with zero attached hydrogens (tertiary/aromatic N) is 1. The lowest BCUT2D eigenvalue weighted by molar-refractivity contribution is -0.117. The molecule has 1 saturated carbocycles. The molecule has 37 heavy (non-hydrogen) atoms. The third kappa shape index (κ3) is 5.69. The van der Waals surface area contributed by atoms with Crippen molar-refractivity contribution in [1.29, 1.82) is 0 Å². The molecule has 3 rings (SSSR count). The van der Waals surface area contributed by atoms with Gasteiger partial charge in [0.1, 0.15) is 12.0 Å². The minimum absolute atomic E-state index is 0.0658. The Bertz CT molecular complexity index is 1020. The first-order valence-corrected chi connectivity index (χ1v) is 14.7. The van der Waals surface area contributed by atoms with Crippen LogP contribution in [0.1, 0.15) is 138 Å². The summed E-state index contributed by atoms with van der Waals surface area (Å²) in [6.45, 7) is 22.5. The molecule has 4 nitrogen and oxygen atoms in total. The van der Waals surface area contributed by atoms with Gasteiger partial charge in [-0.1, -0.05) is 79.5 Å². The summed E-state index contributed by atoms with van der Waals surface area (Å²) in [5, 5.41) is 4.13. The summed E-state index contributed by atoms with van der Waals surface area (Å²) in [7, 11) is 0. The number of aldehydes is 1. The number of fused-ring (bicyclic) bond motifs is 2. The average molecular weight is 512 g/mol. The molecule has 4 heteroatoms. The van der Waals surface area contributed by atoms with Crippen molar-refractivity contribution in [2.75, 3.05) is 0 Å². The highest BCUT2D eigenvalue weighted by Gasteiger charge is 2.58. The zero-order chi connectivity index (χ0) is 27.9. The molecule has 2 aliphatic rings. The summed E-state index contributed by atoms with van der Waals surface area (Å²) >= 11 is 0. The summed E-state index contributed by atoms with van der Waals surface area (Å²) in [4.78, 5) is 25.0. The number of rotatable bonds is 11. The van der Waals surface area contributed by atoms with Crippen molar-refractivity contribution < 1.29 is 14.1 Å². The summed E-state index contributed by atoms with van der Waals surface area (Å²) in [5.74, 6) is 1.85. The molecule has 0 aliphatic heterocycles. The molecule has 0 bridgehead atoms. The highest BCUT2D eigenvalue weighted by Crippen LogP contribution is 2.66. The lowest BCUT2D eigenvalue weighted by Crippen LogP contribution is -2.52. The Morgan fingerprint density at radius 1 is 1.11 bits per heavy atom. The first kappa shape index (κ1) is 29.8. The first-order chi connectivity index (χ1) is 17.0. The van der Waals surface area contributed by atoms with Crippen molar-refractivity contribution in [3.63, 3.8) is 0 Å². The number of allylic oxidation sites excluding steroid dienone is 2. The van der Waals surface area contributed by atoms with Crippen LogP contribution in [0.2, 0.25) is 0 Å². The van der Waals surface area contributed by atoms with Crippen LogP contribution in [-0.2, 0) is 16.0 Å². The van der Waals surface area contributed by atoms with Crippen LogP contribution < -0.4 is 0 Å². The van der Waals surface area contributed by atoms with Gasteiger partial charge < -0.3 is 9.32 Å². The molecule has 208 valence electrons. The zero-order valence-corrected chi connectivity index (χ0v) is 25.4. The van der Waals surface area contributed by atoms with Gasteiger partial charge in [-0.15, -0.1) is 0 Å². The first-order valence-electron chi connectivity index (χ1n) is 14.7. The van der Waals surface area contributed by atoms with E-state index in [9.17, 15) is 9.59 Å². The van der Waals surface area contributed by atoms with E-state index in [0.717, 1.165) is 50.7 Å². The summed E-state index contributed by atoms with van der Waals surface area (Å²) in [6.07, 6.45) is 14.3. The van der Waals surface area contributed by atoms with E-state index in [4.69, 9.17) is 4.52 Å². The zero-order valence-electron chi connectivity index (χ0n) is 25.4. The van der Waals surface area contributed by atoms with Crippen LogP contribution in [0.25, 0.3) is 0 Å². The number of carbonyl (C=O) groups is 2. The second-order valence-corrected chi connectivity index (χ2v) is 14.8. The van der Waals surface area contributed by atoms with Crippen LogP contribution in [0.5, 0.6) is 0 Å². The fourth-order valence-corrected chi connectivity index (χ4v) is 7.88. The number of aromatic nitrogens is 1. The lowest BCUT2D eigenvalue weighted by Gasteiger charge is -2.60. The Labute approximate surface area is 226 Å². The molecule has 0 spiro atoms. The van der Waals surface area contributed by atoms with Gasteiger partial charge in [-0.05, 0) is 91.9 Å². The van der Waals surface area contributed by atoms with Crippen LogP contribution in [-0.4, -0.2) is 17.2 Å². The summed E-state index contributed by atoms with van der Waals surface area (Å²) in [6, 6.07) is 0. The van der Waals surface area contributed by atoms with Crippen molar-refractivity contribution in [2.24, 2.45) is 33.0 Å². The molecule has 0 N–H and O–H groups in total. The van der Waals surface area contributed by atoms with Gasteiger partial charge in [-0.3, -0.25) is 4.79 Å². The van der Waals surface area contributed by atoms with Gasteiger partial charge in [0.25, 0.3) is 0 Å². The van der Waals surface area contributed by atoms with Crippen LogP contribution in [0.15, 0.2) is 22.4 Å². The summed E-state index contributed by atoms with van der Waals surface area (Å²) < 4.78 is 5.68. The van der Waals surface area contributed by atoms with Crippen molar-refractivity contribution in [3.8, 4) is 0 Å². The van der Waals surface area contributed by atoms with Gasteiger partial charge in [-0.25, -0.2) is 0 Å². The van der Waals surface area contributed by atoms with Crippen LogP contribution in [0.4, 0.5) is 0 Å². The van der Waals surface area contributed by atoms with E-state index in [0.29, 0.717) is 5.92 Å². The summed E-state index contributed by atoms with van der Waals surface area (Å²) in [5.41, 5.74) is 2.11. The van der Waals surface area contributed by atoms with Crippen LogP contribution in [0.3, 0.4) is 0 Å². The molecule has 0 saturated heterocycles. The Balaban J connectivity index is 1.90. The predicted octanol–water partition coefficient (Wildman–Crippen LogP) is 8.89. The van der Waals surface area contributed by atoms with E-state index in [1.165, 1.54) is 30.3 Å². The molecule has 0 aromatic carbocycles. The standard InChI is InChI=1S/C33H53NO3/c1-11-13-29(4,5)15-17-31(8,22-35)18-16-30(6,7)33(10)14-12-26-24(3)28-25(21-34-37-28)20-32(26,9)27(33)19-23(2)36/h19,21-22,24,26H,11-18,20H2,1-10H3/b27-19-/t24-,26-,31-,32-,33+/m0/s1. The Morgan fingerprint density at radius 2 is 1.76 bits per heavy atom. The number of ketones is 1. The minimum Gasteiger partial charge on any atom is -0.361 e. The van der Waals surface area contributed by atoms with E-state index >= 15 is 0 Å². The number of carbonyl (C=O) groups excluding carboxylic acids is 2. The SMILES string of the molecule is CCCC(C)(C)CC[C@](C)(C=O)CCC(C)(C)[C@]1(C)CC[C@H]2[C@H](C)c3oncc3C[C@]2(C)/C1=C/C(C)=O. The highest BCUT2D eigenvalue weighted by atomic mass is 16.5. The molecule has 5 atom stereocenters. The van der Waals surface area contributed by atoms with Gasteiger partial charge in [0.2, 0.25) is 0 Å². The van der Waals surface area contributed by atoms with Gasteiger partial charge >= 0.3 is 0 Å². The monoisotopic (exact) mass is 511 g/mol.